The second kappa shape index (κ2) is 9.75. The van der Waals surface area contributed by atoms with Gasteiger partial charge in [-0.3, -0.25) is 4.79 Å². The average molecular weight is 369 g/mol. The van der Waals surface area contributed by atoms with Crippen LogP contribution < -0.4 is 10.1 Å². The van der Waals surface area contributed by atoms with Crippen molar-refractivity contribution in [1.82, 2.24) is 10.2 Å². The van der Waals surface area contributed by atoms with Crippen molar-refractivity contribution in [3.63, 3.8) is 0 Å². The highest BCUT2D eigenvalue weighted by Gasteiger charge is 2.19. The van der Waals surface area contributed by atoms with E-state index in [4.69, 9.17) is 4.74 Å². The van der Waals surface area contributed by atoms with Crippen LogP contribution in [0.2, 0.25) is 0 Å². The zero-order chi connectivity index (χ0) is 19.1. The predicted molar refractivity (Wildman–Crippen MR) is 111 cm³/mol. The van der Waals surface area contributed by atoms with Gasteiger partial charge in [0.2, 0.25) is 0 Å². The van der Waals surface area contributed by atoms with Gasteiger partial charge >= 0.3 is 0 Å². The second-order valence-corrected chi connectivity index (χ2v) is 7.69. The summed E-state index contributed by atoms with van der Waals surface area (Å²) >= 11 is 0. The van der Waals surface area contributed by atoms with Crippen LogP contribution in [-0.2, 0) is 4.79 Å². The Morgan fingerprint density at radius 1 is 1.19 bits per heavy atom. The van der Waals surface area contributed by atoms with Crippen molar-refractivity contribution < 1.29 is 9.53 Å². The Morgan fingerprint density at radius 2 is 1.93 bits per heavy atom. The third kappa shape index (κ3) is 5.70. The minimum absolute atomic E-state index is 0.0158. The molecule has 0 bridgehead atoms. The van der Waals surface area contributed by atoms with Crippen molar-refractivity contribution in [2.45, 2.75) is 45.6 Å². The molecule has 0 radical (unpaired) electrons. The highest BCUT2D eigenvalue weighted by molar-refractivity contribution is 5.84. The van der Waals surface area contributed by atoms with Crippen molar-refractivity contribution in [2.24, 2.45) is 5.92 Å². The molecule has 1 heterocycles. The predicted octanol–water partition coefficient (Wildman–Crippen LogP) is 4.24. The van der Waals surface area contributed by atoms with Gasteiger partial charge in [0.15, 0.2) is 6.10 Å². The molecule has 1 saturated heterocycles. The molecule has 2 aromatic carbocycles. The van der Waals surface area contributed by atoms with E-state index >= 15 is 0 Å². The first kappa shape index (κ1) is 19.7. The van der Waals surface area contributed by atoms with Gasteiger partial charge in [-0.1, -0.05) is 44.2 Å². The molecule has 4 nitrogen and oxygen atoms in total. The fourth-order valence-corrected chi connectivity index (χ4v) is 3.64. The summed E-state index contributed by atoms with van der Waals surface area (Å²) in [4.78, 5) is 15.0. The lowest BCUT2D eigenvalue weighted by molar-refractivity contribution is -0.128. The normalized spacial score (nSPS) is 17.0. The summed E-state index contributed by atoms with van der Waals surface area (Å²) < 4.78 is 5.97. The molecule has 1 aliphatic rings. The Labute approximate surface area is 162 Å². The van der Waals surface area contributed by atoms with Crippen LogP contribution in [0.1, 0.15) is 39.5 Å². The number of amides is 1. The summed E-state index contributed by atoms with van der Waals surface area (Å²) in [5, 5.41) is 5.35. The lowest BCUT2D eigenvalue weighted by Crippen LogP contribution is -2.40. The van der Waals surface area contributed by atoms with Crippen molar-refractivity contribution in [3.05, 3.63) is 42.5 Å². The topological polar surface area (TPSA) is 41.6 Å². The van der Waals surface area contributed by atoms with Gasteiger partial charge in [-0.2, -0.15) is 0 Å². The van der Waals surface area contributed by atoms with E-state index in [1.54, 1.807) is 0 Å². The molecule has 3 rings (SSSR count). The molecule has 4 heteroatoms. The van der Waals surface area contributed by atoms with Gasteiger partial charge in [-0.15, -0.1) is 0 Å². The minimum Gasteiger partial charge on any atom is -0.481 e. The standard InChI is InChI=1S/C23H32N2O2/c1-3-22(27-21-10-9-19-7-4-5-8-20(19)17-21)23(26)24-13-6-14-25-15-11-18(2)12-16-25/h4-5,7-10,17-18,22H,3,6,11-16H2,1-2H3,(H,24,26)/t22-/m1/s1. The number of likely N-dealkylation sites (tertiary alicyclic amines) is 1. The summed E-state index contributed by atoms with van der Waals surface area (Å²) in [5.74, 6) is 1.59. The average Bonchev–Trinajstić information content (AvgIpc) is 2.70. The van der Waals surface area contributed by atoms with Crippen molar-refractivity contribution >= 4 is 16.7 Å². The zero-order valence-corrected chi connectivity index (χ0v) is 16.6. The first-order chi connectivity index (χ1) is 13.2. The van der Waals surface area contributed by atoms with Gasteiger partial charge in [-0.25, -0.2) is 0 Å². The minimum atomic E-state index is -0.443. The maximum absolute atomic E-state index is 12.5. The fraction of sp³-hybridized carbons (Fsp3) is 0.522. The molecule has 2 aromatic rings. The van der Waals surface area contributed by atoms with Gasteiger partial charge in [0.05, 0.1) is 0 Å². The number of carbonyl (C=O) groups is 1. The molecule has 1 atom stereocenters. The van der Waals surface area contributed by atoms with E-state index in [0.717, 1.165) is 30.0 Å². The summed E-state index contributed by atoms with van der Waals surface area (Å²) in [6, 6.07) is 14.2. The molecule has 146 valence electrons. The number of carbonyl (C=O) groups excluding carboxylic acids is 1. The molecule has 27 heavy (non-hydrogen) atoms. The highest BCUT2D eigenvalue weighted by Crippen LogP contribution is 2.22. The first-order valence-corrected chi connectivity index (χ1v) is 10.3. The van der Waals surface area contributed by atoms with Crippen LogP contribution in [0.25, 0.3) is 10.8 Å². The van der Waals surface area contributed by atoms with Crippen molar-refractivity contribution in [3.8, 4) is 5.75 Å². The van der Waals surface area contributed by atoms with E-state index in [9.17, 15) is 4.79 Å². The van der Waals surface area contributed by atoms with Gasteiger partial charge in [-0.05, 0) is 74.1 Å². The molecule has 1 amide bonds. The molecular weight excluding hydrogens is 336 g/mol. The number of rotatable bonds is 8. The third-order valence-corrected chi connectivity index (χ3v) is 5.49. The lowest BCUT2D eigenvalue weighted by Gasteiger charge is -2.30. The first-order valence-electron chi connectivity index (χ1n) is 10.3. The van der Waals surface area contributed by atoms with E-state index in [-0.39, 0.29) is 5.91 Å². The molecular formula is C23H32N2O2. The Hall–Kier alpha value is -2.07. The number of fused-ring (bicyclic) bond motifs is 1. The summed E-state index contributed by atoms with van der Waals surface area (Å²) in [5.41, 5.74) is 0. The number of hydrogen-bond donors (Lipinski definition) is 1. The van der Waals surface area contributed by atoms with Crippen LogP contribution in [0.5, 0.6) is 5.75 Å². The third-order valence-electron chi connectivity index (χ3n) is 5.49. The number of nitrogens with zero attached hydrogens (tertiary/aromatic N) is 1. The second-order valence-electron chi connectivity index (χ2n) is 7.69. The summed E-state index contributed by atoms with van der Waals surface area (Å²) in [6.45, 7) is 8.48. The van der Waals surface area contributed by atoms with Crippen molar-refractivity contribution in [2.75, 3.05) is 26.2 Å². The molecule has 0 aromatic heterocycles. The summed E-state index contributed by atoms with van der Waals surface area (Å²) in [7, 11) is 0. The molecule has 1 fully saturated rings. The fourth-order valence-electron chi connectivity index (χ4n) is 3.64. The monoisotopic (exact) mass is 368 g/mol. The van der Waals surface area contributed by atoms with E-state index in [1.807, 2.05) is 37.3 Å². The molecule has 0 unspecified atom stereocenters. The van der Waals surface area contributed by atoms with E-state index in [2.05, 4.69) is 29.3 Å². The molecule has 0 aliphatic carbocycles. The van der Waals surface area contributed by atoms with E-state index in [0.29, 0.717) is 13.0 Å². The zero-order valence-electron chi connectivity index (χ0n) is 16.6. The number of ether oxygens (including phenoxy) is 1. The molecule has 1 aliphatic heterocycles. The smallest absolute Gasteiger partial charge is 0.261 e. The number of benzene rings is 2. The van der Waals surface area contributed by atoms with Gasteiger partial charge in [0, 0.05) is 6.54 Å². The Kier molecular flexibility index (Phi) is 7.11. The molecule has 0 spiro atoms. The lowest BCUT2D eigenvalue weighted by atomic mass is 9.99. The Bertz CT molecular complexity index is 738. The molecule has 0 saturated carbocycles. The quantitative estimate of drug-likeness (QED) is 0.709. The van der Waals surface area contributed by atoms with Crippen LogP contribution in [0.4, 0.5) is 0 Å². The SMILES string of the molecule is CC[C@@H](Oc1ccc2ccccc2c1)C(=O)NCCCN1CCC(C)CC1. The maximum atomic E-state index is 12.5. The van der Waals surface area contributed by atoms with Crippen LogP contribution in [0.15, 0.2) is 42.5 Å². The largest absolute Gasteiger partial charge is 0.481 e. The number of piperidine rings is 1. The van der Waals surface area contributed by atoms with Gasteiger partial charge in [0.1, 0.15) is 5.75 Å². The van der Waals surface area contributed by atoms with E-state index < -0.39 is 6.10 Å². The van der Waals surface area contributed by atoms with Crippen molar-refractivity contribution in [1.29, 1.82) is 0 Å². The van der Waals surface area contributed by atoms with E-state index in [1.165, 1.54) is 31.3 Å². The number of nitrogens with one attached hydrogen (secondary N) is 1. The Balaban J connectivity index is 1.44. The van der Waals surface area contributed by atoms with Crippen LogP contribution in [0, 0.1) is 5.92 Å². The van der Waals surface area contributed by atoms with Gasteiger partial charge in [0.25, 0.3) is 5.91 Å². The molecule has 1 N–H and O–H groups in total. The van der Waals surface area contributed by atoms with Crippen LogP contribution in [0.3, 0.4) is 0 Å². The van der Waals surface area contributed by atoms with Crippen LogP contribution >= 0.6 is 0 Å². The Morgan fingerprint density at radius 3 is 2.67 bits per heavy atom. The maximum Gasteiger partial charge on any atom is 0.261 e. The number of hydrogen-bond acceptors (Lipinski definition) is 3. The van der Waals surface area contributed by atoms with Crippen LogP contribution in [-0.4, -0.2) is 43.1 Å². The highest BCUT2D eigenvalue weighted by atomic mass is 16.5. The summed E-state index contributed by atoms with van der Waals surface area (Å²) in [6.07, 6.45) is 3.80. The van der Waals surface area contributed by atoms with Gasteiger partial charge < -0.3 is 15.0 Å².